The first kappa shape index (κ1) is 9.43. The van der Waals surface area contributed by atoms with E-state index in [9.17, 15) is 0 Å². The summed E-state index contributed by atoms with van der Waals surface area (Å²) in [6.45, 7) is 3.02. The molecule has 17 heavy (non-hydrogen) atoms. The van der Waals surface area contributed by atoms with E-state index in [0.29, 0.717) is 0 Å². The summed E-state index contributed by atoms with van der Waals surface area (Å²) >= 11 is 0. The summed E-state index contributed by atoms with van der Waals surface area (Å²) < 4.78 is 5.52. The van der Waals surface area contributed by atoms with Gasteiger partial charge in [0, 0.05) is 0 Å². The third-order valence-corrected chi connectivity index (χ3v) is 3.98. The van der Waals surface area contributed by atoms with Gasteiger partial charge < -0.3 is 4.74 Å². The van der Waals surface area contributed by atoms with Crippen molar-refractivity contribution >= 4 is 0 Å². The largest absolute Gasteiger partial charge is 0.365 e. The van der Waals surface area contributed by atoms with Crippen LogP contribution in [0.15, 0.2) is 42.5 Å². The maximum absolute atomic E-state index is 5.52. The van der Waals surface area contributed by atoms with Gasteiger partial charge in [0.1, 0.15) is 5.60 Å². The van der Waals surface area contributed by atoms with Crippen LogP contribution >= 0.6 is 0 Å². The molecule has 2 aromatic carbocycles. The van der Waals surface area contributed by atoms with E-state index in [4.69, 9.17) is 4.74 Å². The van der Waals surface area contributed by atoms with Gasteiger partial charge in [-0.2, -0.15) is 0 Å². The lowest BCUT2D eigenvalue weighted by Crippen LogP contribution is -2.02. The van der Waals surface area contributed by atoms with Gasteiger partial charge in [-0.3, -0.25) is 0 Å². The molecule has 0 aromatic heterocycles. The number of rotatable bonds is 1. The van der Waals surface area contributed by atoms with E-state index < -0.39 is 0 Å². The summed E-state index contributed by atoms with van der Waals surface area (Å²) in [5.41, 5.74) is 7.00. The second-order valence-corrected chi connectivity index (χ2v) is 5.23. The maximum atomic E-state index is 5.52. The molecule has 0 unspecified atom stereocenters. The van der Waals surface area contributed by atoms with E-state index in [1.165, 1.54) is 27.8 Å². The molecule has 1 saturated heterocycles. The molecule has 84 valence electrons. The normalized spacial score (nSPS) is 24.3. The minimum Gasteiger partial charge on any atom is -0.365 e. The maximum Gasteiger partial charge on any atom is 0.114 e. The molecule has 1 aliphatic heterocycles. The third-order valence-electron chi connectivity index (χ3n) is 3.98. The first-order valence-electron chi connectivity index (χ1n) is 6.12. The quantitative estimate of drug-likeness (QED) is 0.574. The summed E-state index contributed by atoms with van der Waals surface area (Å²) in [5, 5.41) is 0. The molecule has 0 bridgehead atoms. The molecular weight excluding hydrogens is 208 g/mol. The molecule has 2 aromatic rings. The van der Waals surface area contributed by atoms with Crippen LogP contribution in [0.3, 0.4) is 0 Å². The summed E-state index contributed by atoms with van der Waals surface area (Å²) in [4.78, 5) is 0. The monoisotopic (exact) mass is 222 g/mol. The highest BCUT2D eigenvalue weighted by atomic mass is 16.6. The Hall–Kier alpha value is -1.60. The average molecular weight is 222 g/mol. The molecule has 1 fully saturated rings. The Bertz CT molecular complexity index is 609. The Labute approximate surface area is 101 Å². The van der Waals surface area contributed by atoms with Crippen molar-refractivity contribution in [3.05, 3.63) is 59.2 Å². The molecule has 2 aliphatic rings. The predicted molar refractivity (Wildman–Crippen MR) is 68.0 cm³/mol. The predicted octanol–water partition coefficient (Wildman–Crippen LogP) is 3.50. The lowest BCUT2D eigenvalue weighted by atomic mass is 9.97. The standard InChI is InChI=1S/C16H14O/c1-16(10-17-16)13-6-7-15-12(9-13)8-11-4-2-3-5-14(11)15/h2-7,9H,8,10H2,1H3/t16-/m0/s1. The zero-order valence-corrected chi connectivity index (χ0v) is 9.86. The van der Waals surface area contributed by atoms with Gasteiger partial charge in [-0.1, -0.05) is 42.5 Å². The molecule has 0 spiro atoms. The highest BCUT2D eigenvalue weighted by Crippen LogP contribution is 2.42. The van der Waals surface area contributed by atoms with Crippen LogP contribution < -0.4 is 0 Å². The van der Waals surface area contributed by atoms with Crippen LogP contribution in [0.25, 0.3) is 11.1 Å². The van der Waals surface area contributed by atoms with Crippen LogP contribution in [0.4, 0.5) is 0 Å². The Balaban J connectivity index is 1.86. The fraction of sp³-hybridized carbons (Fsp3) is 0.250. The zero-order valence-electron chi connectivity index (χ0n) is 9.86. The molecule has 0 N–H and O–H groups in total. The molecule has 0 radical (unpaired) electrons. The first-order chi connectivity index (χ1) is 8.26. The number of fused-ring (bicyclic) bond motifs is 3. The van der Waals surface area contributed by atoms with Crippen LogP contribution in [0, 0.1) is 0 Å². The Kier molecular flexibility index (Phi) is 1.66. The fourth-order valence-corrected chi connectivity index (χ4v) is 2.75. The summed E-state index contributed by atoms with van der Waals surface area (Å²) in [5.74, 6) is 0. The van der Waals surface area contributed by atoms with Crippen LogP contribution in [0.5, 0.6) is 0 Å². The minimum atomic E-state index is -0.0101. The molecule has 0 saturated carbocycles. The van der Waals surface area contributed by atoms with Crippen LogP contribution in [-0.2, 0) is 16.8 Å². The second-order valence-electron chi connectivity index (χ2n) is 5.23. The molecular formula is C16H14O. The fourth-order valence-electron chi connectivity index (χ4n) is 2.75. The SMILES string of the molecule is C[C@@]1(c2ccc3c(c2)Cc2ccccc2-3)CO1. The second kappa shape index (κ2) is 2.99. The zero-order chi connectivity index (χ0) is 11.5. The molecule has 0 amide bonds. The van der Waals surface area contributed by atoms with Gasteiger partial charge in [0.25, 0.3) is 0 Å². The van der Waals surface area contributed by atoms with Gasteiger partial charge in [0.05, 0.1) is 6.61 Å². The van der Waals surface area contributed by atoms with Gasteiger partial charge >= 0.3 is 0 Å². The van der Waals surface area contributed by atoms with Crippen molar-refractivity contribution in [2.45, 2.75) is 18.9 Å². The van der Waals surface area contributed by atoms with Gasteiger partial charge in [-0.15, -0.1) is 0 Å². The van der Waals surface area contributed by atoms with E-state index in [2.05, 4.69) is 49.4 Å². The van der Waals surface area contributed by atoms with Crippen molar-refractivity contribution in [3.63, 3.8) is 0 Å². The van der Waals surface area contributed by atoms with Crippen molar-refractivity contribution in [1.82, 2.24) is 0 Å². The summed E-state index contributed by atoms with van der Waals surface area (Å²) in [6.07, 6.45) is 1.06. The van der Waals surface area contributed by atoms with E-state index in [-0.39, 0.29) is 5.60 Å². The average Bonchev–Trinajstić information content (AvgIpc) is 3.00. The van der Waals surface area contributed by atoms with Gasteiger partial charge in [0.15, 0.2) is 0 Å². The van der Waals surface area contributed by atoms with Gasteiger partial charge in [-0.05, 0) is 41.2 Å². The smallest absolute Gasteiger partial charge is 0.114 e. The highest BCUT2D eigenvalue weighted by Gasteiger charge is 2.41. The van der Waals surface area contributed by atoms with Crippen molar-refractivity contribution in [1.29, 1.82) is 0 Å². The molecule has 1 atom stereocenters. The molecule has 1 aliphatic carbocycles. The lowest BCUT2D eigenvalue weighted by Gasteiger charge is -2.08. The number of hydrogen-bond donors (Lipinski definition) is 0. The van der Waals surface area contributed by atoms with E-state index in [1.807, 2.05) is 0 Å². The van der Waals surface area contributed by atoms with Crippen molar-refractivity contribution in [2.75, 3.05) is 6.61 Å². The molecule has 1 heterocycles. The number of epoxide rings is 1. The van der Waals surface area contributed by atoms with E-state index in [1.54, 1.807) is 0 Å². The summed E-state index contributed by atoms with van der Waals surface area (Å²) in [6, 6.07) is 15.5. The first-order valence-corrected chi connectivity index (χ1v) is 6.12. The Morgan fingerprint density at radius 3 is 2.59 bits per heavy atom. The molecule has 1 nitrogen and oxygen atoms in total. The van der Waals surface area contributed by atoms with Crippen molar-refractivity contribution in [3.8, 4) is 11.1 Å². The van der Waals surface area contributed by atoms with Crippen molar-refractivity contribution < 1.29 is 4.74 Å². The number of ether oxygens (including phenoxy) is 1. The highest BCUT2D eigenvalue weighted by molar-refractivity contribution is 5.77. The Morgan fingerprint density at radius 1 is 1.00 bits per heavy atom. The Morgan fingerprint density at radius 2 is 1.76 bits per heavy atom. The van der Waals surface area contributed by atoms with E-state index in [0.717, 1.165) is 13.0 Å². The van der Waals surface area contributed by atoms with Crippen LogP contribution in [0.1, 0.15) is 23.6 Å². The number of benzene rings is 2. The van der Waals surface area contributed by atoms with Gasteiger partial charge in [0.2, 0.25) is 0 Å². The third kappa shape index (κ3) is 1.29. The minimum absolute atomic E-state index is 0.0101. The summed E-state index contributed by atoms with van der Waals surface area (Å²) in [7, 11) is 0. The topological polar surface area (TPSA) is 12.5 Å². The van der Waals surface area contributed by atoms with Crippen LogP contribution in [-0.4, -0.2) is 6.61 Å². The molecule has 1 heteroatoms. The van der Waals surface area contributed by atoms with E-state index >= 15 is 0 Å². The molecule has 4 rings (SSSR count). The number of hydrogen-bond acceptors (Lipinski definition) is 1. The lowest BCUT2D eigenvalue weighted by molar-refractivity contribution is 0.329. The van der Waals surface area contributed by atoms with Crippen molar-refractivity contribution in [2.24, 2.45) is 0 Å². The van der Waals surface area contributed by atoms with Gasteiger partial charge in [-0.25, -0.2) is 0 Å². The van der Waals surface area contributed by atoms with Crippen LogP contribution in [0.2, 0.25) is 0 Å².